The predicted octanol–water partition coefficient (Wildman–Crippen LogP) is 5.21. The lowest BCUT2D eigenvalue weighted by molar-refractivity contribution is 0.0995. The highest BCUT2D eigenvalue weighted by Gasteiger charge is 2.23. The molecular formula is C23H23N3O2S. The Kier molecular flexibility index (Phi) is 5.28. The van der Waals surface area contributed by atoms with Gasteiger partial charge in [-0.25, -0.2) is 4.98 Å². The number of para-hydroxylation sites is 2. The van der Waals surface area contributed by atoms with Gasteiger partial charge in [-0.3, -0.25) is 14.2 Å². The lowest BCUT2D eigenvalue weighted by Gasteiger charge is -2.20. The molecule has 0 bridgehead atoms. The number of fused-ring (bicyclic) bond motifs is 2. The average Bonchev–Trinajstić information content (AvgIpc) is 3.17. The van der Waals surface area contributed by atoms with E-state index in [4.69, 9.17) is 4.98 Å². The maximum atomic E-state index is 13.2. The number of Topliss-reactive ketones (excluding diaryl/α,β-unsaturated/α-hetero) is 1. The van der Waals surface area contributed by atoms with Gasteiger partial charge < -0.3 is 4.98 Å². The van der Waals surface area contributed by atoms with Gasteiger partial charge in [0.25, 0.3) is 5.56 Å². The van der Waals surface area contributed by atoms with Crippen molar-refractivity contribution in [2.45, 2.75) is 43.6 Å². The number of nitrogens with one attached hydrogen (secondary N) is 1. The number of rotatable bonds is 6. The summed E-state index contributed by atoms with van der Waals surface area (Å²) in [5, 5.41) is 1.73. The maximum Gasteiger partial charge on any atom is 0.262 e. The summed E-state index contributed by atoms with van der Waals surface area (Å²) in [5.41, 5.74) is 2.21. The smallest absolute Gasteiger partial charge is 0.262 e. The number of carbonyl (C=O) groups excluding carboxylic acids is 1. The number of carbonyl (C=O) groups is 1. The largest absolute Gasteiger partial charge is 0.360 e. The van der Waals surface area contributed by atoms with Crippen LogP contribution in [-0.2, 0) is 0 Å². The fraction of sp³-hybridized carbons (Fsp3) is 0.261. The van der Waals surface area contributed by atoms with Crippen LogP contribution < -0.4 is 5.56 Å². The van der Waals surface area contributed by atoms with E-state index < -0.39 is 0 Å². The number of ketones is 1. The first kappa shape index (κ1) is 19.5. The molecule has 0 aliphatic carbocycles. The van der Waals surface area contributed by atoms with Crippen LogP contribution in [0.15, 0.2) is 64.7 Å². The summed E-state index contributed by atoms with van der Waals surface area (Å²) in [4.78, 5) is 34.2. The minimum atomic E-state index is -0.377. The molecule has 5 nitrogen and oxygen atoms in total. The first-order valence-corrected chi connectivity index (χ1v) is 10.7. The number of benzene rings is 2. The van der Waals surface area contributed by atoms with Crippen LogP contribution >= 0.6 is 11.8 Å². The molecular weight excluding hydrogens is 382 g/mol. The van der Waals surface area contributed by atoms with Crippen molar-refractivity contribution >= 4 is 39.4 Å². The van der Waals surface area contributed by atoms with E-state index in [0.717, 1.165) is 17.3 Å². The van der Waals surface area contributed by atoms with Crippen molar-refractivity contribution in [2.75, 3.05) is 0 Å². The molecule has 2 atom stereocenters. The van der Waals surface area contributed by atoms with Crippen molar-refractivity contribution in [3.63, 3.8) is 0 Å². The van der Waals surface area contributed by atoms with Crippen LogP contribution in [0.1, 0.15) is 43.6 Å². The first-order chi connectivity index (χ1) is 14.0. The summed E-state index contributed by atoms with van der Waals surface area (Å²) in [7, 11) is 0. The molecule has 6 heteroatoms. The van der Waals surface area contributed by atoms with Gasteiger partial charge in [-0.15, -0.1) is 0 Å². The standard InChI is InChI=1S/C23H23N3O2S/c1-4-14(2)26-22(28)17-10-6-8-12-20(17)25-23(26)29-15(3)21(27)18-13-24-19-11-7-5-9-16(18)19/h5-15,24H,4H2,1-3H3/t14-,15-/m0/s1. The Labute approximate surface area is 173 Å². The molecule has 1 N–H and O–H groups in total. The molecule has 2 aromatic heterocycles. The predicted molar refractivity (Wildman–Crippen MR) is 119 cm³/mol. The van der Waals surface area contributed by atoms with Crippen molar-refractivity contribution in [1.82, 2.24) is 14.5 Å². The van der Waals surface area contributed by atoms with Gasteiger partial charge in [0.15, 0.2) is 10.9 Å². The van der Waals surface area contributed by atoms with E-state index in [9.17, 15) is 9.59 Å². The SMILES string of the molecule is CC[C@H](C)n1c(S[C@@H](C)C(=O)c2c[nH]c3ccccc23)nc2ccccc2c1=O. The molecule has 0 spiro atoms. The van der Waals surface area contributed by atoms with Gasteiger partial charge in [-0.05, 0) is 38.5 Å². The molecule has 4 aromatic rings. The van der Waals surface area contributed by atoms with Gasteiger partial charge >= 0.3 is 0 Å². The van der Waals surface area contributed by atoms with Crippen LogP contribution in [0.5, 0.6) is 0 Å². The number of nitrogens with zero attached hydrogens (tertiary/aromatic N) is 2. The lowest BCUT2D eigenvalue weighted by Crippen LogP contribution is -2.27. The molecule has 0 amide bonds. The van der Waals surface area contributed by atoms with Crippen molar-refractivity contribution in [3.8, 4) is 0 Å². The average molecular weight is 406 g/mol. The zero-order chi connectivity index (χ0) is 20.5. The Bertz CT molecular complexity index is 1260. The van der Waals surface area contributed by atoms with E-state index in [0.29, 0.717) is 21.6 Å². The summed E-state index contributed by atoms with van der Waals surface area (Å²) in [5.74, 6) is 0.0190. The number of aromatic nitrogens is 3. The Balaban J connectivity index is 1.74. The molecule has 0 unspecified atom stereocenters. The van der Waals surface area contributed by atoms with Gasteiger partial charge in [0, 0.05) is 28.7 Å². The van der Waals surface area contributed by atoms with Crippen LogP contribution in [0.2, 0.25) is 0 Å². The molecule has 0 fully saturated rings. The second kappa shape index (κ2) is 7.87. The van der Waals surface area contributed by atoms with Gasteiger partial charge in [-0.1, -0.05) is 49.0 Å². The topological polar surface area (TPSA) is 67.8 Å². The van der Waals surface area contributed by atoms with Crippen LogP contribution in [0.3, 0.4) is 0 Å². The second-order valence-corrected chi connectivity index (χ2v) is 8.52. The maximum absolute atomic E-state index is 13.2. The Morgan fingerprint density at radius 2 is 1.79 bits per heavy atom. The van der Waals surface area contributed by atoms with E-state index >= 15 is 0 Å². The molecule has 148 valence electrons. The highest BCUT2D eigenvalue weighted by Crippen LogP contribution is 2.29. The third-order valence-corrected chi connectivity index (χ3v) is 6.38. The first-order valence-electron chi connectivity index (χ1n) is 9.79. The van der Waals surface area contributed by atoms with Crippen molar-refractivity contribution in [1.29, 1.82) is 0 Å². The summed E-state index contributed by atoms with van der Waals surface area (Å²) in [6, 6.07) is 15.1. The molecule has 2 aromatic carbocycles. The molecule has 0 aliphatic rings. The number of hydrogen-bond donors (Lipinski definition) is 1. The van der Waals surface area contributed by atoms with E-state index in [-0.39, 0.29) is 22.6 Å². The van der Waals surface area contributed by atoms with Crippen molar-refractivity contribution in [3.05, 3.63) is 70.6 Å². The summed E-state index contributed by atoms with van der Waals surface area (Å²) >= 11 is 1.35. The molecule has 0 radical (unpaired) electrons. The summed E-state index contributed by atoms with van der Waals surface area (Å²) in [6.07, 6.45) is 2.57. The van der Waals surface area contributed by atoms with Gasteiger partial charge in [0.05, 0.1) is 16.2 Å². The normalized spacial score (nSPS) is 13.6. The molecule has 0 saturated heterocycles. The van der Waals surface area contributed by atoms with Gasteiger partial charge in [-0.2, -0.15) is 0 Å². The van der Waals surface area contributed by atoms with Crippen LogP contribution in [0.25, 0.3) is 21.8 Å². The second-order valence-electron chi connectivity index (χ2n) is 7.22. The summed E-state index contributed by atoms with van der Waals surface area (Å²) in [6.45, 7) is 5.92. The number of H-pyrrole nitrogens is 1. The van der Waals surface area contributed by atoms with E-state index in [2.05, 4.69) is 4.98 Å². The summed E-state index contributed by atoms with van der Waals surface area (Å²) < 4.78 is 1.73. The third-order valence-electron chi connectivity index (χ3n) is 5.31. The molecule has 0 aliphatic heterocycles. The van der Waals surface area contributed by atoms with Crippen LogP contribution in [0.4, 0.5) is 0 Å². The van der Waals surface area contributed by atoms with E-state index in [1.807, 2.05) is 63.2 Å². The zero-order valence-electron chi connectivity index (χ0n) is 16.7. The monoisotopic (exact) mass is 405 g/mol. The van der Waals surface area contributed by atoms with E-state index in [1.54, 1.807) is 16.8 Å². The van der Waals surface area contributed by atoms with Crippen LogP contribution in [-0.4, -0.2) is 25.6 Å². The van der Waals surface area contributed by atoms with Crippen molar-refractivity contribution in [2.24, 2.45) is 0 Å². The Morgan fingerprint density at radius 1 is 1.10 bits per heavy atom. The van der Waals surface area contributed by atoms with Crippen molar-refractivity contribution < 1.29 is 4.79 Å². The fourth-order valence-electron chi connectivity index (χ4n) is 3.49. The highest BCUT2D eigenvalue weighted by molar-refractivity contribution is 8.00. The number of thioether (sulfide) groups is 1. The van der Waals surface area contributed by atoms with Gasteiger partial charge in [0.1, 0.15) is 0 Å². The number of hydrogen-bond acceptors (Lipinski definition) is 4. The van der Waals surface area contributed by atoms with Gasteiger partial charge in [0.2, 0.25) is 0 Å². The third kappa shape index (κ3) is 3.49. The molecule has 0 saturated carbocycles. The molecule has 2 heterocycles. The quantitative estimate of drug-likeness (QED) is 0.272. The molecule has 4 rings (SSSR count). The van der Waals surface area contributed by atoms with Crippen LogP contribution in [0, 0.1) is 0 Å². The van der Waals surface area contributed by atoms with E-state index in [1.165, 1.54) is 11.8 Å². The number of aromatic amines is 1. The fourth-order valence-corrected chi connectivity index (χ4v) is 4.56. The zero-order valence-corrected chi connectivity index (χ0v) is 17.5. The Hall–Kier alpha value is -2.86. The minimum Gasteiger partial charge on any atom is -0.360 e. The molecule has 29 heavy (non-hydrogen) atoms. The lowest BCUT2D eigenvalue weighted by atomic mass is 10.1. The Morgan fingerprint density at radius 3 is 2.55 bits per heavy atom. The highest BCUT2D eigenvalue weighted by atomic mass is 32.2. The minimum absolute atomic E-state index is 0.00232.